The molecule has 0 fully saturated rings. The maximum Gasteiger partial charge on any atom is 0.231 e. The topological polar surface area (TPSA) is 65.2 Å². The molecular formula is C14H14N2O2. The average Bonchev–Trinajstić information content (AvgIpc) is 2.40. The Morgan fingerprint density at radius 1 is 1.22 bits per heavy atom. The third-order valence-electron chi connectivity index (χ3n) is 2.72. The standard InChI is InChI=1S/C14H14N2O2/c1-18-12-8-3-2-6-10(12)13(14(15)17)11-7-4-5-9-16-11/h2-9,13H,1H3,(H2,15,17). The summed E-state index contributed by atoms with van der Waals surface area (Å²) in [5, 5.41) is 0. The fraction of sp³-hybridized carbons (Fsp3) is 0.143. The molecule has 0 bridgehead atoms. The predicted molar refractivity (Wildman–Crippen MR) is 68.3 cm³/mol. The predicted octanol–water partition coefficient (Wildman–Crippen LogP) is 1.71. The number of methoxy groups -OCH3 is 1. The summed E-state index contributed by atoms with van der Waals surface area (Å²) in [7, 11) is 1.56. The lowest BCUT2D eigenvalue weighted by Gasteiger charge is -2.16. The third kappa shape index (κ3) is 2.32. The molecule has 0 spiro atoms. The van der Waals surface area contributed by atoms with Crippen molar-refractivity contribution in [3.8, 4) is 5.75 Å². The van der Waals surface area contributed by atoms with Gasteiger partial charge >= 0.3 is 0 Å². The molecule has 0 aliphatic heterocycles. The highest BCUT2D eigenvalue weighted by Gasteiger charge is 2.24. The van der Waals surface area contributed by atoms with E-state index >= 15 is 0 Å². The molecule has 4 heteroatoms. The summed E-state index contributed by atoms with van der Waals surface area (Å²) in [4.78, 5) is 15.9. The minimum absolute atomic E-state index is 0.446. The Hall–Kier alpha value is -2.36. The van der Waals surface area contributed by atoms with Crippen molar-refractivity contribution in [2.45, 2.75) is 5.92 Å². The molecular weight excluding hydrogens is 228 g/mol. The number of rotatable bonds is 4. The average molecular weight is 242 g/mol. The molecule has 0 radical (unpaired) electrons. The Bertz CT molecular complexity index is 541. The van der Waals surface area contributed by atoms with Gasteiger partial charge in [0.05, 0.1) is 12.8 Å². The molecule has 1 atom stereocenters. The molecule has 2 N–H and O–H groups in total. The van der Waals surface area contributed by atoms with Crippen LogP contribution in [0.3, 0.4) is 0 Å². The van der Waals surface area contributed by atoms with Crippen molar-refractivity contribution in [3.63, 3.8) is 0 Å². The molecule has 4 nitrogen and oxygen atoms in total. The van der Waals surface area contributed by atoms with E-state index in [1.807, 2.05) is 24.3 Å². The van der Waals surface area contributed by atoms with Crippen molar-refractivity contribution < 1.29 is 9.53 Å². The van der Waals surface area contributed by atoms with Crippen LogP contribution in [-0.4, -0.2) is 18.0 Å². The Kier molecular flexibility index (Phi) is 3.57. The van der Waals surface area contributed by atoms with Gasteiger partial charge in [-0.3, -0.25) is 9.78 Å². The summed E-state index contributed by atoms with van der Waals surface area (Å²) >= 11 is 0. The molecule has 2 rings (SSSR count). The van der Waals surface area contributed by atoms with E-state index in [2.05, 4.69) is 4.98 Å². The summed E-state index contributed by atoms with van der Waals surface area (Å²) in [5.74, 6) is -0.410. The molecule has 1 unspecified atom stereocenters. The monoisotopic (exact) mass is 242 g/mol. The fourth-order valence-electron chi connectivity index (χ4n) is 1.91. The maximum absolute atomic E-state index is 11.7. The van der Waals surface area contributed by atoms with Crippen molar-refractivity contribution in [3.05, 3.63) is 59.9 Å². The van der Waals surface area contributed by atoms with Gasteiger partial charge in [-0.25, -0.2) is 0 Å². The van der Waals surface area contributed by atoms with Crippen LogP contribution >= 0.6 is 0 Å². The quantitative estimate of drug-likeness (QED) is 0.887. The number of hydrogen-bond donors (Lipinski definition) is 1. The number of carbonyl (C=O) groups excluding carboxylic acids is 1. The van der Waals surface area contributed by atoms with Crippen LogP contribution < -0.4 is 10.5 Å². The van der Waals surface area contributed by atoms with E-state index in [1.54, 1.807) is 31.5 Å². The number of nitrogens with two attached hydrogens (primary N) is 1. The van der Waals surface area contributed by atoms with Crippen LogP contribution in [0.5, 0.6) is 5.75 Å². The first kappa shape index (κ1) is 12.1. The van der Waals surface area contributed by atoms with E-state index in [4.69, 9.17) is 10.5 Å². The third-order valence-corrected chi connectivity index (χ3v) is 2.72. The van der Waals surface area contributed by atoms with E-state index < -0.39 is 11.8 Å². The first-order chi connectivity index (χ1) is 8.74. The van der Waals surface area contributed by atoms with Gasteiger partial charge in [0, 0.05) is 11.8 Å². The number of nitrogens with zero attached hydrogens (tertiary/aromatic N) is 1. The van der Waals surface area contributed by atoms with Crippen molar-refractivity contribution >= 4 is 5.91 Å². The smallest absolute Gasteiger partial charge is 0.231 e. The van der Waals surface area contributed by atoms with Crippen LogP contribution in [0.1, 0.15) is 17.2 Å². The van der Waals surface area contributed by atoms with Crippen molar-refractivity contribution in [1.29, 1.82) is 0 Å². The van der Waals surface area contributed by atoms with E-state index in [0.29, 0.717) is 11.4 Å². The van der Waals surface area contributed by atoms with E-state index in [0.717, 1.165) is 5.56 Å². The lowest BCUT2D eigenvalue weighted by atomic mass is 9.93. The molecule has 1 aromatic heterocycles. The number of hydrogen-bond acceptors (Lipinski definition) is 3. The zero-order chi connectivity index (χ0) is 13.0. The summed E-state index contributed by atoms with van der Waals surface area (Å²) < 4.78 is 5.26. The van der Waals surface area contributed by atoms with Gasteiger partial charge in [-0.2, -0.15) is 0 Å². The Morgan fingerprint density at radius 2 is 1.94 bits per heavy atom. The largest absolute Gasteiger partial charge is 0.496 e. The molecule has 2 aromatic rings. The second-order valence-electron chi connectivity index (χ2n) is 3.83. The molecule has 18 heavy (non-hydrogen) atoms. The molecule has 1 aromatic carbocycles. The van der Waals surface area contributed by atoms with Gasteiger partial charge < -0.3 is 10.5 Å². The fourth-order valence-corrected chi connectivity index (χ4v) is 1.91. The summed E-state index contributed by atoms with van der Waals surface area (Å²) in [6, 6.07) is 12.7. The number of aromatic nitrogens is 1. The SMILES string of the molecule is COc1ccccc1C(C(N)=O)c1ccccn1. The van der Waals surface area contributed by atoms with Crippen LogP contribution in [0.15, 0.2) is 48.7 Å². The van der Waals surface area contributed by atoms with Gasteiger partial charge in [-0.15, -0.1) is 0 Å². The van der Waals surface area contributed by atoms with Crippen LogP contribution in [0.4, 0.5) is 0 Å². The number of pyridine rings is 1. The number of para-hydroxylation sites is 1. The molecule has 1 heterocycles. The van der Waals surface area contributed by atoms with Gasteiger partial charge in [0.15, 0.2) is 0 Å². The number of benzene rings is 1. The van der Waals surface area contributed by atoms with Crippen LogP contribution in [0.25, 0.3) is 0 Å². The molecule has 0 saturated heterocycles. The zero-order valence-corrected chi connectivity index (χ0v) is 10.0. The number of amides is 1. The zero-order valence-electron chi connectivity index (χ0n) is 10.0. The number of ether oxygens (including phenoxy) is 1. The second kappa shape index (κ2) is 5.31. The van der Waals surface area contributed by atoms with E-state index in [1.165, 1.54) is 0 Å². The van der Waals surface area contributed by atoms with Gasteiger partial charge in [-0.1, -0.05) is 24.3 Å². The minimum atomic E-state index is -0.595. The minimum Gasteiger partial charge on any atom is -0.496 e. The Labute approximate surface area is 105 Å². The van der Waals surface area contributed by atoms with Gasteiger partial charge in [0.2, 0.25) is 5.91 Å². The number of primary amides is 1. The van der Waals surface area contributed by atoms with Crippen molar-refractivity contribution in [1.82, 2.24) is 4.98 Å². The van der Waals surface area contributed by atoms with Crippen molar-refractivity contribution in [2.24, 2.45) is 5.73 Å². The molecule has 0 aliphatic carbocycles. The van der Waals surface area contributed by atoms with E-state index in [9.17, 15) is 4.79 Å². The summed E-state index contributed by atoms with van der Waals surface area (Å²) in [6.45, 7) is 0. The highest BCUT2D eigenvalue weighted by molar-refractivity contribution is 5.85. The summed E-state index contributed by atoms with van der Waals surface area (Å²) in [6.07, 6.45) is 1.64. The van der Waals surface area contributed by atoms with Crippen LogP contribution in [-0.2, 0) is 4.79 Å². The molecule has 1 amide bonds. The highest BCUT2D eigenvalue weighted by Crippen LogP contribution is 2.30. The lowest BCUT2D eigenvalue weighted by Crippen LogP contribution is -2.23. The number of carbonyl (C=O) groups is 1. The molecule has 92 valence electrons. The molecule has 0 aliphatic rings. The summed E-state index contributed by atoms with van der Waals surface area (Å²) in [5.41, 5.74) is 6.84. The second-order valence-corrected chi connectivity index (χ2v) is 3.83. The first-order valence-corrected chi connectivity index (χ1v) is 5.57. The van der Waals surface area contributed by atoms with Gasteiger partial charge in [0.25, 0.3) is 0 Å². The van der Waals surface area contributed by atoms with Gasteiger partial charge in [-0.05, 0) is 18.2 Å². The highest BCUT2D eigenvalue weighted by atomic mass is 16.5. The maximum atomic E-state index is 11.7. The van der Waals surface area contributed by atoms with Crippen LogP contribution in [0, 0.1) is 0 Å². The van der Waals surface area contributed by atoms with Crippen molar-refractivity contribution in [2.75, 3.05) is 7.11 Å². The van der Waals surface area contributed by atoms with E-state index in [-0.39, 0.29) is 0 Å². The Balaban J connectivity index is 2.52. The van der Waals surface area contributed by atoms with Gasteiger partial charge in [0.1, 0.15) is 11.7 Å². The van der Waals surface area contributed by atoms with Crippen LogP contribution in [0.2, 0.25) is 0 Å². The normalized spacial score (nSPS) is 11.8. The Morgan fingerprint density at radius 3 is 2.56 bits per heavy atom. The molecule has 0 saturated carbocycles. The lowest BCUT2D eigenvalue weighted by molar-refractivity contribution is -0.118. The first-order valence-electron chi connectivity index (χ1n) is 5.57.